The lowest BCUT2D eigenvalue weighted by Crippen LogP contribution is -2.36. The molecule has 0 bridgehead atoms. The number of hydrogen-bond acceptors (Lipinski definition) is 2. The number of hydrogen-bond donors (Lipinski definition) is 0. The molecule has 1 amide bonds. The molecule has 0 N–H and O–H groups in total. The predicted octanol–water partition coefficient (Wildman–Crippen LogP) is 4.19. The topological polar surface area (TPSA) is 34.5 Å². The molecule has 4 nitrogen and oxygen atoms in total. The molecule has 27 heavy (non-hydrogen) atoms. The van der Waals surface area contributed by atoms with Crippen molar-refractivity contribution in [2.45, 2.75) is 33.1 Å². The predicted molar refractivity (Wildman–Crippen MR) is 97.1 cm³/mol. The van der Waals surface area contributed by atoms with E-state index >= 15 is 0 Å². The molecule has 1 aromatic carbocycles. The van der Waals surface area contributed by atoms with Crippen molar-refractivity contribution in [2.75, 3.05) is 20.3 Å². The molecule has 1 aromatic heterocycles. The zero-order valence-corrected chi connectivity index (χ0v) is 15.8. The summed E-state index contributed by atoms with van der Waals surface area (Å²) in [5, 5.41) is 0. The third-order valence-electron chi connectivity index (χ3n) is 4.25. The highest BCUT2D eigenvalue weighted by atomic mass is 19.4. The number of benzene rings is 1. The van der Waals surface area contributed by atoms with Crippen molar-refractivity contribution in [1.29, 1.82) is 0 Å². The van der Waals surface area contributed by atoms with Crippen LogP contribution in [0.25, 0.3) is 0 Å². The molecule has 2 aromatic rings. The second kappa shape index (κ2) is 9.08. The lowest BCUT2D eigenvalue weighted by Gasteiger charge is -2.25. The number of alkyl halides is 3. The van der Waals surface area contributed by atoms with Crippen LogP contribution in [-0.4, -0.2) is 35.6 Å². The standard InChI is InChI=1S/C20H25F3N2O2/c1-15(2)19(26)25(10-11-27-3)14-18-8-5-9-24(18)13-16-6-4-7-17(12-16)20(21,22)23/h4-9,12,15H,10-11,13-14H2,1-3H3. The summed E-state index contributed by atoms with van der Waals surface area (Å²) in [6.07, 6.45) is -2.56. The second-order valence-corrected chi connectivity index (χ2v) is 6.73. The van der Waals surface area contributed by atoms with Gasteiger partial charge in [-0.25, -0.2) is 0 Å². The Morgan fingerprint density at radius 2 is 1.96 bits per heavy atom. The van der Waals surface area contributed by atoms with Gasteiger partial charge in [-0.15, -0.1) is 0 Å². The number of carbonyl (C=O) groups excluding carboxylic acids is 1. The third kappa shape index (κ3) is 5.85. The van der Waals surface area contributed by atoms with Crippen LogP contribution in [0.2, 0.25) is 0 Å². The van der Waals surface area contributed by atoms with Gasteiger partial charge in [0.05, 0.1) is 18.7 Å². The molecule has 2 rings (SSSR count). The van der Waals surface area contributed by atoms with Gasteiger partial charge in [0.25, 0.3) is 0 Å². The number of rotatable bonds is 8. The zero-order valence-electron chi connectivity index (χ0n) is 15.8. The van der Waals surface area contributed by atoms with Crippen molar-refractivity contribution in [3.8, 4) is 0 Å². The second-order valence-electron chi connectivity index (χ2n) is 6.73. The van der Waals surface area contributed by atoms with Gasteiger partial charge in [-0.1, -0.05) is 26.0 Å². The largest absolute Gasteiger partial charge is 0.416 e. The van der Waals surface area contributed by atoms with Crippen LogP contribution in [0.1, 0.15) is 30.7 Å². The van der Waals surface area contributed by atoms with Gasteiger partial charge in [0.15, 0.2) is 0 Å². The van der Waals surface area contributed by atoms with E-state index in [1.54, 1.807) is 18.1 Å². The van der Waals surface area contributed by atoms with Crippen LogP contribution in [-0.2, 0) is 28.8 Å². The molecule has 0 spiro atoms. The minimum absolute atomic E-state index is 0.0128. The van der Waals surface area contributed by atoms with Crippen molar-refractivity contribution >= 4 is 5.91 Å². The summed E-state index contributed by atoms with van der Waals surface area (Å²) in [6.45, 7) is 5.25. The number of aromatic nitrogens is 1. The molecular weight excluding hydrogens is 357 g/mol. The summed E-state index contributed by atoms with van der Waals surface area (Å²) >= 11 is 0. The number of carbonyl (C=O) groups is 1. The molecule has 0 saturated heterocycles. The first kappa shape index (κ1) is 21.0. The lowest BCUT2D eigenvalue weighted by molar-refractivity contribution is -0.137. The fourth-order valence-corrected chi connectivity index (χ4v) is 2.82. The van der Waals surface area contributed by atoms with Gasteiger partial charge < -0.3 is 14.2 Å². The van der Waals surface area contributed by atoms with Gasteiger partial charge in [-0.05, 0) is 29.8 Å². The van der Waals surface area contributed by atoms with E-state index in [1.165, 1.54) is 6.07 Å². The van der Waals surface area contributed by atoms with E-state index in [-0.39, 0.29) is 11.8 Å². The first-order valence-electron chi connectivity index (χ1n) is 8.80. The molecule has 0 atom stereocenters. The number of halogens is 3. The summed E-state index contributed by atoms with van der Waals surface area (Å²) in [5.74, 6) is -0.132. The minimum atomic E-state index is -4.36. The maximum atomic E-state index is 12.9. The molecule has 0 unspecified atom stereocenters. The Kier molecular flexibility index (Phi) is 7.07. The van der Waals surface area contributed by atoms with Crippen molar-refractivity contribution in [3.63, 3.8) is 0 Å². The van der Waals surface area contributed by atoms with Gasteiger partial charge in [0, 0.05) is 38.0 Å². The number of methoxy groups -OCH3 is 1. The Morgan fingerprint density at radius 1 is 1.22 bits per heavy atom. The van der Waals surface area contributed by atoms with Gasteiger partial charge in [0.2, 0.25) is 5.91 Å². The van der Waals surface area contributed by atoms with E-state index < -0.39 is 11.7 Å². The number of ether oxygens (including phenoxy) is 1. The Bertz CT molecular complexity index is 754. The van der Waals surface area contributed by atoms with Gasteiger partial charge >= 0.3 is 6.18 Å². The molecule has 0 aliphatic heterocycles. The Labute approximate surface area is 157 Å². The normalized spacial score (nSPS) is 11.8. The molecule has 0 aliphatic rings. The highest BCUT2D eigenvalue weighted by Gasteiger charge is 2.30. The minimum Gasteiger partial charge on any atom is -0.383 e. The molecule has 1 heterocycles. The maximum Gasteiger partial charge on any atom is 0.416 e. The van der Waals surface area contributed by atoms with Crippen molar-refractivity contribution < 1.29 is 22.7 Å². The molecule has 7 heteroatoms. The lowest BCUT2D eigenvalue weighted by atomic mass is 10.1. The molecule has 0 aliphatic carbocycles. The fraction of sp³-hybridized carbons (Fsp3) is 0.450. The molecule has 0 fully saturated rings. The summed E-state index contributed by atoms with van der Waals surface area (Å²) in [7, 11) is 1.58. The quantitative estimate of drug-likeness (QED) is 0.686. The van der Waals surface area contributed by atoms with E-state index in [0.717, 1.165) is 17.8 Å². The van der Waals surface area contributed by atoms with Crippen LogP contribution in [0.5, 0.6) is 0 Å². The van der Waals surface area contributed by atoms with Gasteiger partial charge in [-0.2, -0.15) is 13.2 Å². The number of amides is 1. The van der Waals surface area contributed by atoms with Crippen LogP contribution in [0.15, 0.2) is 42.6 Å². The first-order chi connectivity index (χ1) is 12.7. The monoisotopic (exact) mass is 382 g/mol. The summed E-state index contributed by atoms with van der Waals surface area (Å²) in [4.78, 5) is 14.2. The van der Waals surface area contributed by atoms with Gasteiger partial charge in [0.1, 0.15) is 0 Å². The molecule has 0 saturated carbocycles. The average Bonchev–Trinajstić information content (AvgIpc) is 3.04. The van der Waals surface area contributed by atoms with Crippen LogP contribution in [0.3, 0.4) is 0 Å². The van der Waals surface area contributed by atoms with E-state index in [0.29, 0.717) is 31.8 Å². The van der Waals surface area contributed by atoms with Crippen molar-refractivity contribution in [3.05, 3.63) is 59.4 Å². The van der Waals surface area contributed by atoms with Crippen LogP contribution >= 0.6 is 0 Å². The summed E-state index contributed by atoms with van der Waals surface area (Å²) in [6, 6.07) is 9.01. The summed E-state index contributed by atoms with van der Waals surface area (Å²) in [5.41, 5.74) is 0.754. The van der Waals surface area contributed by atoms with E-state index in [9.17, 15) is 18.0 Å². The molecule has 0 radical (unpaired) electrons. The maximum absolute atomic E-state index is 12.9. The van der Waals surface area contributed by atoms with E-state index in [4.69, 9.17) is 4.74 Å². The Morgan fingerprint density at radius 3 is 2.59 bits per heavy atom. The SMILES string of the molecule is COCCN(Cc1cccn1Cc1cccc(C(F)(F)F)c1)C(=O)C(C)C. The Balaban J connectivity index is 2.18. The highest BCUT2D eigenvalue weighted by Crippen LogP contribution is 2.29. The van der Waals surface area contributed by atoms with Crippen LogP contribution in [0, 0.1) is 5.92 Å². The number of nitrogens with zero attached hydrogens (tertiary/aromatic N) is 2. The first-order valence-corrected chi connectivity index (χ1v) is 8.80. The van der Waals surface area contributed by atoms with Crippen LogP contribution < -0.4 is 0 Å². The van der Waals surface area contributed by atoms with E-state index in [2.05, 4.69) is 0 Å². The van der Waals surface area contributed by atoms with Crippen molar-refractivity contribution in [1.82, 2.24) is 9.47 Å². The van der Waals surface area contributed by atoms with Gasteiger partial charge in [-0.3, -0.25) is 4.79 Å². The zero-order chi connectivity index (χ0) is 20.0. The smallest absolute Gasteiger partial charge is 0.383 e. The third-order valence-corrected chi connectivity index (χ3v) is 4.25. The van der Waals surface area contributed by atoms with Crippen LogP contribution in [0.4, 0.5) is 13.2 Å². The summed E-state index contributed by atoms with van der Waals surface area (Å²) < 4.78 is 45.7. The molecular formula is C20H25F3N2O2. The van der Waals surface area contributed by atoms with Crippen molar-refractivity contribution in [2.24, 2.45) is 5.92 Å². The van der Waals surface area contributed by atoms with E-state index in [1.807, 2.05) is 36.7 Å². The average molecular weight is 382 g/mol. The molecule has 148 valence electrons. The highest BCUT2D eigenvalue weighted by molar-refractivity contribution is 5.78. The Hall–Kier alpha value is -2.28. The fourth-order valence-electron chi connectivity index (χ4n) is 2.82.